The molecule has 0 fully saturated rings. The summed E-state index contributed by atoms with van der Waals surface area (Å²) in [6.45, 7) is 5.44. The molecule has 0 saturated heterocycles. The predicted molar refractivity (Wildman–Crippen MR) is 94.0 cm³/mol. The summed E-state index contributed by atoms with van der Waals surface area (Å²) >= 11 is 0. The van der Waals surface area contributed by atoms with Crippen LogP contribution in [0, 0.1) is 13.8 Å². The van der Waals surface area contributed by atoms with Crippen molar-refractivity contribution in [1.82, 2.24) is 20.1 Å². The van der Waals surface area contributed by atoms with E-state index in [2.05, 4.69) is 21.5 Å². The number of hydrogen-bond acceptors (Lipinski definition) is 4. The highest BCUT2D eigenvalue weighted by Crippen LogP contribution is 2.27. The van der Waals surface area contributed by atoms with Gasteiger partial charge in [0, 0.05) is 32.0 Å². The fourth-order valence-electron chi connectivity index (χ4n) is 2.55. The summed E-state index contributed by atoms with van der Waals surface area (Å²) in [5.74, 6) is 1.58. The van der Waals surface area contributed by atoms with Gasteiger partial charge in [-0.2, -0.15) is 5.10 Å². The van der Waals surface area contributed by atoms with Crippen LogP contribution in [0.3, 0.4) is 0 Å². The maximum Gasteiger partial charge on any atom is 0.222 e. The molecule has 0 spiro atoms. The Morgan fingerprint density at radius 2 is 1.83 bits per heavy atom. The molecule has 0 aliphatic carbocycles. The first-order chi connectivity index (χ1) is 11.6. The molecule has 3 rings (SSSR count). The van der Waals surface area contributed by atoms with Crippen molar-refractivity contribution < 1.29 is 4.74 Å². The smallest absolute Gasteiger partial charge is 0.222 e. The number of nitrogens with zero attached hydrogens (tertiary/aromatic N) is 3. The Balaban J connectivity index is 1.69. The first-order valence-electron chi connectivity index (χ1n) is 8.01. The van der Waals surface area contributed by atoms with E-state index in [0.717, 1.165) is 40.7 Å². The zero-order valence-electron chi connectivity index (χ0n) is 14.3. The van der Waals surface area contributed by atoms with Crippen molar-refractivity contribution in [2.24, 2.45) is 7.05 Å². The molecule has 0 atom stereocenters. The van der Waals surface area contributed by atoms with E-state index in [1.165, 1.54) is 0 Å². The third-order valence-corrected chi connectivity index (χ3v) is 3.85. The molecule has 0 unspecified atom stereocenters. The highest BCUT2D eigenvalue weighted by atomic mass is 16.5. The molecule has 24 heavy (non-hydrogen) atoms. The van der Waals surface area contributed by atoms with E-state index in [-0.39, 0.29) is 0 Å². The van der Waals surface area contributed by atoms with E-state index in [1.807, 2.05) is 63.5 Å². The van der Waals surface area contributed by atoms with Gasteiger partial charge >= 0.3 is 0 Å². The average molecular weight is 322 g/mol. The second-order valence-corrected chi connectivity index (χ2v) is 5.82. The van der Waals surface area contributed by atoms with Crippen molar-refractivity contribution in [3.05, 3.63) is 71.2 Å². The number of hydrogen-bond donors (Lipinski definition) is 1. The van der Waals surface area contributed by atoms with Crippen LogP contribution in [0.1, 0.15) is 22.5 Å². The first kappa shape index (κ1) is 16.2. The summed E-state index contributed by atoms with van der Waals surface area (Å²) in [5, 5.41) is 7.93. The molecule has 124 valence electrons. The fourth-order valence-corrected chi connectivity index (χ4v) is 2.55. The highest BCUT2D eigenvalue weighted by molar-refractivity contribution is 5.35. The van der Waals surface area contributed by atoms with Crippen LogP contribution in [0.2, 0.25) is 0 Å². The third-order valence-electron chi connectivity index (χ3n) is 3.85. The van der Waals surface area contributed by atoms with Crippen LogP contribution in [-0.4, -0.2) is 14.8 Å². The van der Waals surface area contributed by atoms with Gasteiger partial charge in [0.1, 0.15) is 5.75 Å². The van der Waals surface area contributed by atoms with Crippen LogP contribution >= 0.6 is 0 Å². The maximum absolute atomic E-state index is 6.03. The molecule has 5 heteroatoms. The molecular weight excluding hydrogens is 300 g/mol. The summed E-state index contributed by atoms with van der Waals surface area (Å²) in [4.78, 5) is 4.32. The molecule has 1 aromatic carbocycles. The summed E-state index contributed by atoms with van der Waals surface area (Å²) in [6.07, 6.45) is 1.90. The Kier molecular flexibility index (Phi) is 4.91. The minimum absolute atomic E-state index is 0.690. The van der Waals surface area contributed by atoms with Gasteiger partial charge in [-0.05, 0) is 37.6 Å². The van der Waals surface area contributed by atoms with Gasteiger partial charge in [0.05, 0.1) is 11.3 Å². The van der Waals surface area contributed by atoms with Gasteiger partial charge in [0.15, 0.2) is 0 Å². The van der Waals surface area contributed by atoms with Crippen molar-refractivity contribution in [2.45, 2.75) is 26.9 Å². The normalized spacial score (nSPS) is 10.8. The number of aromatic nitrogens is 3. The lowest BCUT2D eigenvalue weighted by atomic mass is 10.2. The number of pyridine rings is 1. The Morgan fingerprint density at radius 1 is 1.04 bits per heavy atom. The molecule has 0 bridgehead atoms. The van der Waals surface area contributed by atoms with Crippen LogP contribution in [-0.2, 0) is 20.1 Å². The van der Waals surface area contributed by atoms with Gasteiger partial charge in [0.25, 0.3) is 0 Å². The number of aryl methyl sites for hydroxylation is 3. The number of benzene rings is 1. The Morgan fingerprint density at radius 3 is 2.54 bits per heavy atom. The zero-order chi connectivity index (χ0) is 16.9. The van der Waals surface area contributed by atoms with Crippen molar-refractivity contribution in [1.29, 1.82) is 0 Å². The van der Waals surface area contributed by atoms with Crippen molar-refractivity contribution in [3.63, 3.8) is 0 Å². The standard InChI is InChI=1S/C19H22N4O/c1-14-9-10-16(12-21-14)11-20-13-18-15(2)22-23(3)19(18)24-17-7-5-4-6-8-17/h4-10,12,20H,11,13H2,1-3H3. The number of rotatable bonds is 6. The van der Waals surface area contributed by atoms with E-state index < -0.39 is 0 Å². The SMILES string of the molecule is Cc1ccc(CNCc2c(C)nn(C)c2Oc2ccccc2)cn1. The molecule has 0 radical (unpaired) electrons. The quantitative estimate of drug-likeness (QED) is 0.754. The largest absolute Gasteiger partial charge is 0.439 e. The van der Waals surface area contributed by atoms with Gasteiger partial charge in [0.2, 0.25) is 5.88 Å². The molecule has 0 aliphatic rings. The van der Waals surface area contributed by atoms with Crippen LogP contribution in [0.4, 0.5) is 0 Å². The maximum atomic E-state index is 6.03. The monoisotopic (exact) mass is 322 g/mol. The van der Waals surface area contributed by atoms with E-state index in [0.29, 0.717) is 6.54 Å². The molecule has 2 heterocycles. The van der Waals surface area contributed by atoms with E-state index in [1.54, 1.807) is 4.68 Å². The summed E-state index contributed by atoms with van der Waals surface area (Å²) < 4.78 is 7.81. The lowest BCUT2D eigenvalue weighted by Gasteiger charge is -2.10. The first-order valence-corrected chi connectivity index (χ1v) is 8.01. The molecule has 0 saturated carbocycles. The second-order valence-electron chi connectivity index (χ2n) is 5.82. The summed E-state index contributed by atoms with van der Waals surface area (Å²) in [7, 11) is 1.90. The Hall–Kier alpha value is -2.66. The van der Waals surface area contributed by atoms with Crippen LogP contribution in [0.5, 0.6) is 11.6 Å². The van der Waals surface area contributed by atoms with Gasteiger partial charge in [-0.1, -0.05) is 24.3 Å². The van der Waals surface area contributed by atoms with Crippen molar-refractivity contribution >= 4 is 0 Å². The highest BCUT2D eigenvalue weighted by Gasteiger charge is 2.15. The molecule has 0 amide bonds. The topological polar surface area (TPSA) is 52.0 Å². The fraction of sp³-hybridized carbons (Fsp3) is 0.263. The van der Waals surface area contributed by atoms with Crippen molar-refractivity contribution in [2.75, 3.05) is 0 Å². The number of para-hydroxylation sites is 1. The molecule has 2 aromatic heterocycles. The molecule has 0 aliphatic heterocycles. The number of ether oxygens (including phenoxy) is 1. The Bertz CT molecular complexity index is 794. The van der Waals surface area contributed by atoms with E-state index in [4.69, 9.17) is 4.74 Å². The van der Waals surface area contributed by atoms with E-state index in [9.17, 15) is 0 Å². The van der Waals surface area contributed by atoms with Crippen molar-refractivity contribution in [3.8, 4) is 11.6 Å². The van der Waals surface area contributed by atoms with E-state index >= 15 is 0 Å². The molecule has 5 nitrogen and oxygen atoms in total. The lowest BCUT2D eigenvalue weighted by molar-refractivity contribution is 0.424. The third kappa shape index (κ3) is 3.81. The van der Waals surface area contributed by atoms with Crippen LogP contribution < -0.4 is 10.1 Å². The average Bonchev–Trinajstić information content (AvgIpc) is 2.84. The summed E-state index contributed by atoms with van der Waals surface area (Å²) in [6, 6.07) is 13.9. The minimum atomic E-state index is 0.690. The van der Waals surface area contributed by atoms with Crippen LogP contribution in [0.15, 0.2) is 48.7 Å². The molecule has 1 N–H and O–H groups in total. The van der Waals surface area contributed by atoms with Gasteiger partial charge in [-0.25, -0.2) is 4.68 Å². The Labute approximate surface area is 142 Å². The van der Waals surface area contributed by atoms with Gasteiger partial charge < -0.3 is 10.1 Å². The lowest BCUT2D eigenvalue weighted by Crippen LogP contribution is -2.14. The second kappa shape index (κ2) is 7.27. The minimum Gasteiger partial charge on any atom is -0.439 e. The van der Waals surface area contributed by atoms with Gasteiger partial charge in [-0.15, -0.1) is 0 Å². The number of nitrogens with one attached hydrogen (secondary N) is 1. The predicted octanol–water partition coefficient (Wildman–Crippen LogP) is 3.51. The zero-order valence-corrected chi connectivity index (χ0v) is 14.3. The van der Waals surface area contributed by atoms with Gasteiger partial charge in [-0.3, -0.25) is 4.98 Å². The van der Waals surface area contributed by atoms with Crippen LogP contribution in [0.25, 0.3) is 0 Å². The molecule has 3 aromatic rings. The molecular formula is C19H22N4O. The summed E-state index contributed by atoms with van der Waals surface area (Å²) in [5.41, 5.74) is 4.23.